The molecule has 0 radical (unpaired) electrons. The van der Waals surface area contributed by atoms with Gasteiger partial charge in [0, 0.05) is 0 Å². The predicted molar refractivity (Wildman–Crippen MR) is 60.1 cm³/mol. The number of rotatable bonds is 1. The van der Waals surface area contributed by atoms with Crippen molar-refractivity contribution < 1.29 is 14.6 Å². The molecule has 2 N–H and O–H groups in total. The maximum atomic E-state index is 11.7. The zero-order valence-electron chi connectivity index (χ0n) is 10.2. The first-order chi connectivity index (χ1) is 7.31. The molecule has 0 aromatic heterocycles. The smallest absolute Gasteiger partial charge is 0.408 e. The number of hydrogen-bond acceptors (Lipinski definition) is 3. The van der Waals surface area contributed by atoms with Gasteiger partial charge < -0.3 is 15.2 Å². The second-order valence-corrected chi connectivity index (χ2v) is 6.14. The Morgan fingerprint density at radius 3 is 2.62 bits per heavy atom. The number of aliphatic hydroxyl groups excluding tert-OH is 1. The van der Waals surface area contributed by atoms with Gasteiger partial charge in [-0.1, -0.05) is 0 Å². The van der Waals surface area contributed by atoms with Gasteiger partial charge in [-0.2, -0.15) is 0 Å². The summed E-state index contributed by atoms with van der Waals surface area (Å²) in [7, 11) is 0. The topological polar surface area (TPSA) is 58.6 Å². The molecule has 0 aromatic carbocycles. The first-order valence-corrected chi connectivity index (χ1v) is 6.00. The highest BCUT2D eigenvalue weighted by molar-refractivity contribution is 5.69. The number of ether oxygens (including phenoxy) is 1. The van der Waals surface area contributed by atoms with Gasteiger partial charge in [-0.15, -0.1) is 0 Å². The number of hydrogen-bond donors (Lipinski definition) is 2. The molecule has 0 saturated heterocycles. The van der Waals surface area contributed by atoms with E-state index >= 15 is 0 Å². The number of fused-ring (bicyclic) bond motifs is 2. The summed E-state index contributed by atoms with van der Waals surface area (Å²) in [6.07, 6.45) is 2.88. The molecular formula is C12H21NO3. The van der Waals surface area contributed by atoms with Gasteiger partial charge in [0.2, 0.25) is 0 Å². The van der Waals surface area contributed by atoms with Gasteiger partial charge in [-0.05, 0) is 52.4 Å². The molecule has 1 amide bonds. The van der Waals surface area contributed by atoms with Gasteiger partial charge in [0.05, 0.1) is 11.6 Å². The summed E-state index contributed by atoms with van der Waals surface area (Å²) in [5.41, 5.74) is -0.894. The van der Waals surface area contributed by atoms with Crippen molar-refractivity contribution in [2.24, 2.45) is 5.92 Å². The molecule has 0 heterocycles. The van der Waals surface area contributed by atoms with E-state index in [0.29, 0.717) is 5.92 Å². The Morgan fingerprint density at radius 1 is 1.50 bits per heavy atom. The third kappa shape index (κ3) is 2.17. The van der Waals surface area contributed by atoms with Crippen LogP contribution in [0.2, 0.25) is 0 Å². The fourth-order valence-electron chi connectivity index (χ4n) is 2.93. The highest BCUT2D eigenvalue weighted by atomic mass is 16.6. The first-order valence-electron chi connectivity index (χ1n) is 6.00. The molecule has 2 fully saturated rings. The van der Waals surface area contributed by atoms with Crippen LogP contribution in [0.5, 0.6) is 0 Å². The molecule has 3 atom stereocenters. The molecule has 2 aliphatic carbocycles. The van der Waals surface area contributed by atoms with Gasteiger partial charge in [0.1, 0.15) is 5.60 Å². The summed E-state index contributed by atoms with van der Waals surface area (Å²) < 4.78 is 5.23. The van der Waals surface area contributed by atoms with Crippen LogP contribution >= 0.6 is 0 Å². The van der Waals surface area contributed by atoms with E-state index < -0.39 is 23.3 Å². The van der Waals surface area contributed by atoms with Crippen LogP contribution in [0.4, 0.5) is 4.79 Å². The van der Waals surface area contributed by atoms with E-state index in [0.717, 1.165) is 25.7 Å². The number of carbonyl (C=O) groups is 1. The standard InChI is InChI=1S/C12H21NO3/c1-11(2,3)16-10(15)13-12-5-4-8(7-12)6-9(12)14/h8-9,14H,4-7H2,1-3H3,(H,13,15). The van der Waals surface area contributed by atoms with E-state index in [4.69, 9.17) is 4.74 Å². The van der Waals surface area contributed by atoms with Crippen LogP contribution < -0.4 is 5.32 Å². The monoisotopic (exact) mass is 227 g/mol. The lowest BCUT2D eigenvalue weighted by Crippen LogP contribution is -2.54. The highest BCUT2D eigenvalue weighted by Crippen LogP contribution is 2.47. The maximum absolute atomic E-state index is 11.7. The molecule has 16 heavy (non-hydrogen) atoms. The van der Waals surface area contributed by atoms with Crippen LogP contribution in [0.15, 0.2) is 0 Å². The van der Waals surface area contributed by atoms with Crippen molar-refractivity contribution in [2.75, 3.05) is 0 Å². The minimum atomic E-state index is -0.484. The number of aliphatic hydroxyl groups is 1. The molecule has 2 rings (SSSR count). The fraction of sp³-hybridized carbons (Fsp3) is 0.917. The summed E-state index contributed by atoms with van der Waals surface area (Å²) in [6, 6.07) is 0. The highest BCUT2D eigenvalue weighted by Gasteiger charge is 2.52. The first kappa shape index (κ1) is 11.7. The molecule has 0 aromatic rings. The lowest BCUT2D eigenvalue weighted by Gasteiger charge is -2.33. The number of alkyl carbamates (subject to hydrolysis) is 1. The summed E-state index contributed by atoms with van der Waals surface area (Å²) >= 11 is 0. The summed E-state index contributed by atoms with van der Waals surface area (Å²) in [5, 5.41) is 12.8. The number of amides is 1. The minimum Gasteiger partial charge on any atom is -0.444 e. The second kappa shape index (κ2) is 3.62. The molecule has 0 aliphatic heterocycles. The van der Waals surface area contributed by atoms with Crippen molar-refractivity contribution in [2.45, 2.75) is 63.7 Å². The number of carbonyl (C=O) groups excluding carboxylic acids is 1. The van der Waals surface area contributed by atoms with Crippen molar-refractivity contribution in [1.29, 1.82) is 0 Å². The Bertz CT molecular complexity index is 297. The van der Waals surface area contributed by atoms with Gasteiger partial charge >= 0.3 is 6.09 Å². The minimum absolute atomic E-state index is 0.404. The molecule has 4 heteroatoms. The van der Waals surface area contributed by atoms with Crippen LogP contribution in [0, 0.1) is 5.92 Å². The Morgan fingerprint density at radius 2 is 2.19 bits per heavy atom. The second-order valence-electron chi connectivity index (χ2n) is 6.14. The predicted octanol–water partition coefficient (Wildman–Crippen LogP) is 1.81. The normalized spacial score (nSPS) is 37.5. The molecule has 3 unspecified atom stereocenters. The quantitative estimate of drug-likeness (QED) is 0.718. The van der Waals surface area contributed by atoms with Crippen molar-refractivity contribution >= 4 is 6.09 Å². The van der Waals surface area contributed by atoms with E-state index in [2.05, 4.69) is 5.32 Å². The Kier molecular flexibility index (Phi) is 2.65. The van der Waals surface area contributed by atoms with Crippen LogP contribution in [0.25, 0.3) is 0 Å². The molecule has 2 bridgehead atoms. The average molecular weight is 227 g/mol. The van der Waals surface area contributed by atoms with Crippen molar-refractivity contribution in [3.05, 3.63) is 0 Å². The zero-order chi connectivity index (χ0) is 12.0. The van der Waals surface area contributed by atoms with Gasteiger partial charge in [-0.25, -0.2) is 4.79 Å². The van der Waals surface area contributed by atoms with E-state index in [9.17, 15) is 9.90 Å². The summed E-state index contributed by atoms with van der Waals surface area (Å²) in [4.78, 5) is 11.7. The SMILES string of the molecule is CC(C)(C)OC(=O)NC12CCC(CC1O)C2. The largest absolute Gasteiger partial charge is 0.444 e. The van der Waals surface area contributed by atoms with Gasteiger partial charge in [0.25, 0.3) is 0 Å². The fourth-order valence-corrected chi connectivity index (χ4v) is 2.93. The average Bonchev–Trinajstić information content (AvgIpc) is 2.56. The van der Waals surface area contributed by atoms with Crippen molar-refractivity contribution in [1.82, 2.24) is 5.32 Å². The van der Waals surface area contributed by atoms with Crippen molar-refractivity contribution in [3.8, 4) is 0 Å². The Labute approximate surface area is 96.4 Å². The third-order valence-corrected chi connectivity index (χ3v) is 3.60. The van der Waals surface area contributed by atoms with Gasteiger partial charge in [0.15, 0.2) is 0 Å². The van der Waals surface area contributed by atoms with Crippen LogP contribution in [0.1, 0.15) is 46.5 Å². The Hall–Kier alpha value is -0.770. The molecule has 2 aliphatic rings. The molecule has 0 spiro atoms. The Balaban J connectivity index is 1.96. The molecule has 2 saturated carbocycles. The van der Waals surface area contributed by atoms with E-state index in [-0.39, 0.29) is 0 Å². The molecular weight excluding hydrogens is 206 g/mol. The van der Waals surface area contributed by atoms with Crippen LogP contribution in [-0.2, 0) is 4.74 Å². The third-order valence-electron chi connectivity index (χ3n) is 3.60. The number of nitrogens with one attached hydrogen (secondary N) is 1. The maximum Gasteiger partial charge on any atom is 0.408 e. The van der Waals surface area contributed by atoms with E-state index in [1.807, 2.05) is 20.8 Å². The van der Waals surface area contributed by atoms with Crippen LogP contribution in [-0.4, -0.2) is 28.4 Å². The summed E-state index contributed by atoms with van der Waals surface area (Å²) in [6.45, 7) is 5.52. The van der Waals surface area contributed by atoms with Crippen molar-refractivity contribution in [3.63, 3.8) is 0 Å². The van der Waals surface area contributed by atoms with E-state index in [1.165, 1.54) is 0 Å². The van der Waals surface area contributed by atoms with E-state index in [1.54, 1.807) is 0 Å². The lowest BCUT2D eigenvalue weighted by atomic mass is 9.91. The lowest BCUT2D eigenvalue weighted by molar-refractivity contribution is 0.0265. The van der Waals surface area contributed by atoms with Gasteiger partial charge in [-0.3, -0.25) is 0 Å². The zero-order valence-corrected chi connectivity index (χ0v) is 10.2. The molecule has 92 valence electrons. The van der Waals surface area contributed by atoms with Crippen LogP contribution in [0.3, 0.4) is 0 Å². The summed E-state index contributed by atoms with van der Waals surface area (Å²) in [5.74, 6) is 0.574. The molecule has 4 nitrogen and oxygen atoms in total.